The zero-order valence-electron chi connectivity index (χ0n) is 15.5. The number of benzene rings is 1. The van der Waals surface area contributed by atoms with E-state index in [1.54, 1.807) is 0 Å². The molecule has 1 aromatic carbocycles. The Morgan fingerprint density at radius 3 is 2.92 bits per heavy atom. The smallest absolute Gasteiger partial charge is 0.224 e. The van der Waals surface area contributed by atoms with Gasteiger partial charge in [-0.25, -0.2) is 4.98 Å². The molecule has 25 heavy (non-hydrogen) atoms. The van der Waals surface area contributed by atoms with Crippen molar-refractivity contribution in [1.29, 1.82) is 0 Å². The molecule has 6 nitrogen and oxygen atoms in total. The van der Waals surface area contributed by atoms with Crippen LogP contribution in [0.15, 0.2) is 24.3 Å². The van der Waals surface area contributed by atoms with Gasteiger partial charge in [0.2, 0.25) is 11.9 Å². The minimum Gasteiger partial charge on any atom is -0.356 e. The highest BCUT2D eigenvalue weighted by atomic mass is 16.1. The molecule has 136 valence electrons. The molecule has 0 aliphatic carbocycles. The molecule has 1 aromatic heterocycles. The normalized spacial score (nSPS) is 18.1. The Bertz CT molecular complexity index is 724. The highest BCUT2D eigenvalue weighted by Crippen LogP contribution is 2.25. The van der Waals surface area contributed by atoms with Gasteiger partial charge in [0.15, 0.2) is 0 Å². The maximum Gasteiger partial charge on any atom is 0.224 e. The number of amides is 1. The first-order valence-corrected chi connectivity index (χ1v) is 9.15. The Balaban J connectivity index is 1.62. The molecule has 1 fully saturated rings. The molecule has 0 radical (unpaired) electrons. The van der Waals surface area contributed by atoms with Crippen molar-refractivity contribution < 1.29 is 4.79 Å². The van der Waals surface area contributed by atoms with Gasteiger partial charge in [-0.2, -0.15) is 0 Å². The second kappa shape index (κ2) is 7.87. The average Bonchev–Trinajstić information content (AvgIpc) is 2.96. The summed E-state index contributed by atoms with van der Waals surface area (Å²) < 4.78 is 2.13. The Labute approximate surface area is 149 Å². The van der Waals surface area contributed by atoms with E-state index in [1.807, 2.05) is 18.2 Å². The lowest BCUT2D eigenvalue weighted by molar-refractivity contribution is -0.125. The summed E-state index contributed by atoms with van der Waals surface area (Å²) in [7, 11) is 6.16. The first kappa shape index (κ1) is 17.7. The molecule has 1 saturated heterocycles. The van der Waals surface area contributed by atoms with Crippen molar-refractivity contribution in [2.24, 2.45) is 13.0 Å². The van der Waals surface area contributed by atoms with Crippen molar-refractivity contribution in [3.8, 4) is 0 Å². The number of hydrogen-bond acceptors (Lipinski definition) is 4. The number of hydrogen-bond donors (Lipinski definition) is 1. The standard InChI is InChI=1S/C19H29N5O/c1-22(2)12-7-11-20-18(25)15-8-6-13-24(14-15)19-21-16-9-4-5-10-17(16)23(19)3/h4-5,9-10,15H,6-8,11-14H2,1-3H3,(H,20,25). The molecule has 2 aromatic rings. The summed E-state index contributed by atoms with van der Waals surface area (Å²) in [6, 6.07) is 8.18. The number of carbonyl (C=O) groups is 1. The number of para-hydroxylation sites is 2. The molecular formula is C19H29N5O. The third kappa shape index (κ3) is 4.12. The minimum atomic E-state index is 0.0490. The first-order chi connectivity index (χ1) is 12.1. The molecule has 0 bridgehead atoms. The van der Waals surface area contributed by atoms with E-state index < -0.39 is 0 Å². The van der Waals surface area contributed by atoms with Crippen LogP contribution in [0.4, 0.5) is 5.95 Å². The summed E-state index contributed by atoms with van der Waals surface area (Å²) in [5.74, 6) is 1.20. The summed E-state index contributed by atoms with van der Waals surface area (Å²) in [6.07, 6.45) is 2.97. The van der Waals surface area contributed by atoms with Gasteiger partial charge in [-0.1, -0.05) is 12.1 Å². The lowest BCUT2D eigenvalue weighted by atomic mass is 9.97. The molecule has 1 aliphatic rings. The SMILES string of the molecule is CN(C)CCCNC(=O)C1CCCN(c2nc3ccccc3n2C)C1. The quantitative estimate of drug-likeness (QED) is 0.814. The number of fused-ring (bicyclic) bond motifs is 1. The highest BCUT2D eigenvalue weighted by Gasteiger charge is 2.27. The third-order valence-electron chi connectivity index (χ3n) is 4.92. The fraction of sp³-hybridized carbons (Fsp3) is 0.579. The Hall–Kier alpha value is -2.08. The Kier molecular flexibility index (Phi) is 5.58. The summed E-state index contributed by atoms with van der Waals surface area (Å²) in [5, 5.41) is 3.10. The number of rotatable bonds is 6. The van der Waals surface area contributed by atoms with Gasteiger partial charge in [0, 0.05) is 26.7 Å². The number of nitrogens with one attached hydrogen (secondary N) is 1. The van der Waals surface area contributed by atoms with Crippen molar-refractivity contribution in [2.75, 3.05) is 45.2 Å². The van der Waals surface area contributed by atoms with Gasteiger partial charge >= 0.3 is 0 Å². The number of aromatic nitrogens is 2. The summed E-state index contributed by atoms with van der Waals surface area (Å²) in [6.45, 7) is 3.45. The van der Waals surface area contributed by atoms with E-state index in [2.05, 4.69) is 46.9 Å². The van der Waals surface area contributed by atoms with Crippen LogP contribution in [0.1, 0.15) is 19.3 Å². The zero-order valence-corrected chi connectivity index (χ0v) is 15.5. The molecule has 1 unspecified atom stereocenters. The fourth-order valence-electron chi connectivity index (χ4n) is 3.54. The molecular weight excluding hydrogens is 314 g/mol. The van der Waals surface area contributed by atoms with Crippen LogP contribution >= 0.6 is 0 Å². The maximum atomic E-state index is 12.5. The molecule has 1 aliphatic heterocycles. The first-order valence-electron chi connectivity index (χ1n) is 9.15. The van der Waals surface area contributed by atoms with Crippen LogP contribution in [0.5, 0.6) is 0 Å². The molecule has 3 rings (SSSR count). The molecule has 1 amide bonds. The van der Waals surface area contributed by atoms with E-state index >= 15 is 0 Å². The number of carbonyl (C=O) groups excluding carboxylic acids is 1. The number of anilines is 1. The van der Waals surface area contributed by atoms with Crippen LogP contribution < -0.4 is 10.2 Å². The van der Waals surface area contributed by atoms with Crippen molar-refractivity contribution >= 4 is 22.9 Å². The van der Waals surface area contributed by atoms with Gasteiger partial charge < -0.3 is 19.7 Å². The van der Waals surface area contributed by atoms with E-state index in [9.17, 15) is 4.79 Å². The van der Waals surface area contributed by atoms with E-state index in [-0.39, 0.29) is 11.8 Å². The molecule has 6 heteroatoms. The summed E-state index contributed by atoms with van der Waals surface area (Å²) in [4.78, 5) is 21.7. The van der Waals surface area contributed by atoms with Crippen LogP contribution in [0.3, 0.4) is 0 Å². The molecule has 1 atom stereocenters. The van der Waals surface area contributed by atoms with Gasteiger partial charge in [0.25, 0.3) is 0 Å². The van der Waals surface area contributed by atoms with Gasteiger partial charge in [-0.05, 0) is 52.0 Å². The average molecular weight is 343 g/mol. The topological polar surface area (TPSA) is 53.4 Å². The highest BCUT2D eigenvalue weighted by molar-refractivity contribution is 5.81. The zero-order chi connectivity index (χ0) is 17.8. The van der Waals surface area contributed by atoms with Crippen LogP contribution in [0.2, 0.25) is 0 Å². The molecule has 2 heterocycles. The van der Waals surface area contributed by atoms with Gasteiger partial charge in [-0.15, -0.1) is 0 Å². The summed E-state index contributed by atoms with van der Waals surface area (Å²) >= 11 is 0. The van der Waals surface area contributed by atoms with Crippen LogP contribution in [-0.4, -0.2) is 60.6 Å². The number of aryl methyl sites for hydroxylation is 1. The Morgan fingerprint density at radius 2 is 2.16 bits per heavy atom. The molecule has 0 spiro atoms. The van der Waals surface area contributed by atoms with Crippen LogP contribution in [0, 0.1) is 5.92 Å². The van der Waals surface area contributed by atoms with E-state index in [4.69, 9.17) is 4.98 Å². The predicted octanol–water partition coefficient (Wildman–Crippen LogP) is 1.86. The van der Waals surface area contributed by atoms with E-state index in [0.717, 1.165) is 62.4 Å². The van der Waals surface area contributed by atoms with Crippen molar-refractivity contribution in [3.63, 3.8) is 0 Å². The van der Waals surface area contributed by atoms with Gasteiger partial charge in [-0.3, -0.25) is 4.79 Å². The van der Waals surface area contributed by atoms with E-state index in [1.165, 1.54) is 0 Å². The second-order valence-corrected chi connectivity index (χ2v) is 7.19. The van der Waals surface area contributed by atoms with Gasteiger partial charge in [0.1, 0.15) is 0 Å². The van der Waals surface area contributed by atoms with Crippen molar-refractivity contribution in [1.82, 2.24) is 19.8 Å². The number of piperidine rings is 1. The third-order valence-corrected chi connectivity index (χ3v) is 4.92. The fourth-order valence-corrected chi connectivity index (χ4v) is 3.54. The van der Waals surface area contributed by atoms with Crippen molar-refractivity contribution in [2.45, 2.75) is 19.3 Å². The second-order valence-electron chi connectivity index (χ2n) is 7.19. The van der Waals surface area contributed by atoms with Crippen LogP contribution in [-0.2, 0) is 11.8 Å². The van der Waals surface area contributed by atoms with E-state index in [0.29, 0.717) is 0 Å². The van der Waals surface area contributed by atoms with Gasteiger partial charge in [0.05, 0.1) is 17.0 Å². The van der Waals surface area contributed by atoms with Crippen LogP contribution in [0.25, 0.3) is 11.0 Å². The predicted molar refractivity (Wildman–Crippen MR) is 102 cm³/mol. The number of nitrogens with zero attached hydrogens (tertiary/aromatic N) is 4. The number of imidazole rings is 1. The summed E-state index contributed by atoms with van der Waals surface area (Å²) in [5.41, 5.74) is 2.14. The molecule has 1 N–H and O–H groups in total. The monoisotopic (exact) mass is 343 g/mol. The lowest BCUT2D eigenvalue weighted by Crippen LogP contribution is -2.44. The lowest BCUT2D eigenvalue weighted by Gasteiger charge is -2.32. The largest absolute Gasteiger partial charge is 0.356 e. The van der Waals surface area contributed by atoms with Crippen molar-refractivity contribution in [3.05, 3.63) is 24.3 Å². The maximum absolute atomic E-state index is 12.5. The molecule has 0 saturated carbocycles. The minimum absolute atomic E-state index is 0.0490. The Morgan fingerprint density at radius 1 is 1.36 bits per heavy atom.